The van der Waals surface area contributed by atoms with Gasteiger partial charge in [-0.3, -0.25) is 0 Å². The molecule has 7 nitrogen and oxygen atoms in total. The highest BCUT2D eigenvalue weighted by molar-refractivity contribution is 7.90. The number of sulfonamides is 2. The van der Waals surface area contributed by atoms with Gasteiger partial charge in [0.2, 0.25) is 20.0 Å². The Bertz CT molecular complexity index is 642. The molecule has 0 radical (unpaired) electrons. The van der Waals surface area contributed by atoms with Crippen molar-refractivity contribution in [3.8, 4) is 0 Å². The number of anilines is 1. The van der Waals surface area contributed by atoms with Crippen molar-refractivity contribution in [2.24, 2.45) is 5.14 Å². The third kappa shape index (κ3) is 4.22. The summed E-state index contributed by atoms with van der Waals surface area (Å²) < 4.78 is 59.4. The van der Waals surface area contributed by atoms with Crippen LogP contribution in [0, 0.1) is 5.82 Å². The van der Waals surface area contributed by atoms with Crippen LogP contribution in [0.1, 0.15) is 0 Å². The molecule has 0 aromatic heterocycles. The number of hydrogen-bond acceptors (Lipinski definition) is 5. The lowest BCUT2D eigenvalue weighted by Crippen LogP contribution is -2.31. The molecule has 0 unspecified atom stereocenters. The fourth-order valence-corrected chi connectivity index (χ4v) is 2.67. The van der Waals surface area contributed by atoms with E-state index in [4.69, 9.17) is 10.9 Å². The molecule has 0 aliphatic carbocycles. The Labute approximate surface area is 104 Å². The number of nitrogen functional groups attached to an aromatic ring is 1. The number of halogens is 1. The fraction of sp³-hybridized carbons (Fsp3) is 0.250. The van der Waals surface area contributed by atoms with Crippen molar-refractivity contribution in [2.45, 2.75) is 4.90 Å². The zero-order valence-electron chi connectivity index (χ0n) is 9.13. The second-order valence-corrected chi connectivity index (χ2v) is 6.95. The Morgan fingerprint density at radius 2 is 1.83 bits per heavy atom. The summed E-state index contributed by atoms with van der Waals surface area (Å²) in [5.41, 5.74) is 4.92. The number of nitrogens with one attached hydrogen (secondary N) is 1. The number of benzene rings is 1. The van der Waals surface area contributed by atoms with E-state index in [1.807, 2.05) is 4.72 Å². The maximum absolute atomic E-state index is 12.9. The van der Waals surface area contributed by atoms with Gasteiger partial charge >= 0.3 is 0 Å². The first-order valence-electron chi connectivity index (χ1n) is 4.67. The second kappa shape index (κ2) is 5.18. The van der Waals surface area contributed by atoms with Gasteiger partial charge in [-0.2, -0.15) is 0 Å². The van der Waals surface area contributed by atoms with Crippen molar-refractivity contribution in [2.75, 3.05) is 18.0 Å². The molecular weight excluding hydrogens is 285 g/mol. The van der Waals surface area contributed by atoms with Crippen LogP contribution in [0.5, 0.6) is 0 Å². The number of hydrogen-bond donors (Lipinski definition) is 3. The minimum Gasteiger partial charge on any atom is -0.396 e. The minimum absolute atomic E-state index is 0.254. The standard InChI is InChI=1S/C8H12FN3O4S2/c9-7-2-1-6(5-8(7)10)18(15,16)12-3-4-17(11,13)14/h1-2,5,12H,3-4,10H2,(H2,11,13,14). The molecule has 0 bridgehead atoms. The van der Waals surface area contributed by atoms with E-state index < -0.39 is 31.6 Å². The molecule has 102 valence electrons. The van der Waals surface area contributed by atoms with Gasteiger partial charge in [-0.1, -0.05) is 0 Å². The molecular formula is C8H12FN3O4S2. The summed E-state index contributed by atoms with van der Waals surface area (Å²) >= 11 is 0. The fourth-order valence-electron chi connectivity index (χ4n) is 1.09. The van der Waals surface area contributed by atoms with Gasteiger partial charge in [0.1, 0.15) is 5.82 Å². The maximum atomic E-state index is 12.9. The lowest BCUT2D eigenvalue weighted by atomic mass is 10.3. The van der Waals surface area contributed by atoms with E-state index in [0.29, 0.717) is 0 Å². The van der Waals surface area contributed by atoms with Gasteiger partial charge in [-0.25, -0.2) is 31.1 Å². The van der Waals surface area contributed by atoms with Gasteiger partial charge in [0, 0.05) is 6.54 Å². The SMILES string of the molecule is Nc1cc(S(=O)(=O)NCCS(N)(=O)=O)ccc1F. The van der Waals surface area contributed by atoms with E-state index in [2.05, 4.69) is 0 Å². The summed E-state index contributed by atoms with van der Waals surface area (Å²) in [4.78, 5) is -0.254. The molecule has 0 heterocycles. The first kappa shape index (κ1) is 14.8. The molecule has 1 aromatic carbocycles. The van der Waals surface area contributed by atoms with E-state index in [1.165, 1.54) is 0 Å². The number of rotatable bonds is 5. The summed E-state index contributed by atoms with van der Waals surface area (Å²) in [5, 5.41) is 4.72. The Balaban J connectivity index is 2.84. The van der Waals surface area contributed by atoms with Crippen LogP contribution in [-0.2, 0) is 20.0 Å². The topological polar surface area (TPSA) is 132 Å². The average Bonchev–Trinajstić information content (AvgIpc) is 2.19. The molecule has 0 aliphatic rings. The van der Waals surface area contributed by atoms with Crippen LogP contribution in [0.2, 0.25) is 0 Å². The Morgan fingerprint density at radius 3 is 2.33 bits per heavy atom. The van der Waals surface area contributed by atoms with Gasteiger partial charge in [-0.05, 0) is 18.2 Å². The highest BCUT2D eigenvalue weighted by Gasteiger charge is 2.16. The van der Waals surface area contributed by atoms with Gasteiger partial charge in [-0.15, -0.1) is 0 Å². The van der Waals surface area contributed by atoms with Gasteiger partial charge in [0.05, 0.1) is 16.3 Å². The van der Waals surface area contributed by atoms with E-state index >= 15 is 0 Å². The zero-order chi connectivity index (χ0) is 14.0. The van der Waals surface area contributed by atoms with Crippen LogP contribution in [0.25, 0.3) is 0 Å². The van der Waals surface area contributed by atoms with Crippen molar-refractivity contribution in [3.63, 3.8) is 0 Å². The first-order valence-corrected chi connectivity index (χ1v) is 7.87. The largest absolute Gasteiger partial charge is 0.396 e. The molecule has 0 spiro atoms. The summed E-state index contributed by atoms with van der Waals surface area (Å²) in [6.45, 7) is -0.377. The molecule has 0 amide bonds. The molecule has 0 fully saturated rings. The minimum atomic E-state index is -3.94. The van der Waals surface area contributed by atoms with Crippen molar-refractivity contribution >= 4 is 25.7 Å². The third-order valence-electron chi connectivity index (χ3n) is 1.96. The smallest absolute Gasteiger partial charge is 0.240 e. The molecule has 1 rings (SSSR count). The predicted octanol–water partition coefficient (Wildman–Crippen LogP) is -1.03. The van der Waals surface area contributed by atoms with E-state index in [-0.39, 0.29) is 17.1 Å². The average molecular weight is 297 g/mol. The number of primary sulfonamides is 1. The first-order chi connectivity index (χ1) is 8.12. The van der Waals surface area contributed by atoms with Crippen molar-refractivity contribution < 1.29 is 21.2 Å². The monoisotopic (exact) mass is 297 g/mol. The van der Waals surface area contributed by atoms with Crippen LogP contribution in [0.3, 0.4) is 0 Å². The van der Waals surface area contributed by atoms with Crippen molar-refractivity contribution in [1.82, 2.24) is 4.72 Å². The van der Waals surface area contributed by atoms with Gasteiger partial charge < -0.3 is 5.73 Å². The second-order valence-electron chi connectivity index (χ2n) is 3.45. The van der Waals surface area contributed by atoms with Crippen molar-refractivity contribution in [3.05, 3.63) is 24.0 Å². The van der Waals surface area contributed by atoms with E-state index in [9.17, 15) is 21.2 Å². The lowest BCUT2D eigenvalue weighted by molar-refractivity contribution is 0.581. The van der Waals surface area contributed by atoms with E-state index in [1.54, 1.807) is 0 Å². The van der Waals surface area contributed by atoms with Gasteiger partial charge in [0.25, 0.3) is 0 Å². The summed E-state index contributed by atoms with van der Waals surface area (Å²) in [7, 11) is -7.69. The van der Waals surface area contributed by atoms with Crippen LogP contribution >= 0.6 is 0 Å². The normalized spacial score (nSPS) is 12.6. The van der Waals surface area contributed by atoms with Crippen LogP contribution in [-0.4, -0.2) is 29.1 Å². The summed E-state index contributed by atoms with van der Waals surface area (Å²) in [5.74, 6) is -1.28. The zero-order valence-corrected chi connectivity index (χ0v) is 10.8. The molecule has 1 aromatic rings. The van der Waals surface area contributed by atoms with Crippen LogP contribution in [0.15, 0.2) is 23.1 Å². The number of nitrogens with two attached hydrogens (primary N) is 2. The van der Waals surface area contributed by atoms with Crippen LogP contribution < -0.4 is 15.6 Å². The molecule has 0 saturated carbocycles. The molecule has 10 heteroatoms. The van der Waals surface area contributed by atoms with Crippen LogP contribution in [0.4, 0.5) is 10.1 Å². The van der Waals surface area contributed by atoms with E-state index in [0.717, 1.165) is 18.2 Å². The third-order valence-corrected chi connectivity index (χ3v) is 4.19. The van der Waals surface area contributed by atoms with Crippen molar-refractivity contribution in [1.29, 1.82) is 0 Å². The van der Waals surface area contributed by atoms with Gasteiger partial charge in [0.15, 0.2) is 0 Å². The predicted molar refractivity (Wildman–Crippen MR) is 64.0 cm³/mol. The molecule has 0 atom stereocenters. The highest BCUT2D eigenvalue weighted by Crippen LogP contribution is 2.16. The Morgan fingerprint density at radius 1 is 1.22 bits per heavy atom. The molecule has 5 N–H and O–H groups in total. The summed E-state index contributed by atoms with van der Waals surface area (Å²) in [6.07, 6.45) is 0. The quantitative estimate of drug-likeness (QED) is 0.598. The Hall–Kier alpha value is -1.23. The molecule has 18 heavy (non-hydrogen) atoms. The summed E-state index contributed by atoms with van der Waals surface area (Å²) in [6, 6.07) is 2.86. The lowest BCUT2D eigenvalue weighted by Gasteiger charge is -2.07. The molecule has 0 aliphatic heterocycles. The Kier molecular flexibility index (Phi) is 4.27. The molecule has 0 saturated heterocycles. The maximum Gasteiger partial charge on any atom is 0.240 e. The highest BCUT2D eigenvalue weighted by atomic mass is 32.2.